The summed E-state index contributed by atoms with van der Waals surface area (Å²) in [4.78, 5) is 2.27. The van der Waals surface area contributed by atoms with Gasteiger partial charge in [-0.25, -0.2) is 0 Å². The molecule has 0 aliphatic carbocycles. The van der Waals surface area contributed by atoms with Gasteiger partial charge < -0.3 is 0 Å². The summed E-state index contributed by atoms with van der Waals surface area (Å²) in [5.74, 6) is 1.35. The van der Waals surface area contributed by atoms with Crippen molar-refractivity contribution in [3.05, 3.63) is 12.2 Å². The van der Waals surface area contributed by atoms with Crippen LogP contribution in [0.5, 0.6) is 0 Å². The van der Waals surface area contributed by atoms with Crippen LogP contribution in [0.1, 0.15) is 20.3 Å². The second-order valence-electron chi connectivity index (χ2n) is 3.95. The number of hydrogen-bond acceptors (Lipinski definition) is 3. The molecule has 0 spiro atoms. The lowest BCUT2D eigenvalue weighted by atomic mass is 10.2. The van der Waals surface area contributed by atoms with Crippen molar-refractivity contribution >= 4 is 12.6 Å². The first-order valence-corrected chi connectivity index (χ1v) is 5.60. The van der Waals surface area contributed by atoms with Crippen molar-refractivity contribution in [2.75, 3.05) is 25.4 Å². The highest BCUT2D eigenvalue weighted by Gasteiger charge is 2.07. The van der Waals surface area contributed by atoms with Crippen LogP contribution in [0.2, 0.25) is 0 Å². The van der Waals surface area contributed by atoms with Crippen LogP contribution >= 0.6 is 12.6 Å². The molecule has 0 amide bonds. The zero-order valence-corrected chi connectivity index (χ0v) is 10.1. The van der Waals surface area contributed by atoms with Crippen molar-refractivity contribution in [1.29, 1.82) is 5.26 Å². The molecule has 3 heteroatoms. The van der Waals surface area contributed by atoms with E-state index in [1.54, 1.807) is 0 Å². The zero-order valence-electron chi connectivity index (χ0n) is 9.16. The smallest absolute Gasteiger partial charge is 0.0635 e. The topological polar surface area (TPSA) is 27.0 Å². The maximum atomic E-state index is 8.53. The fourth-order valence-corrected chi connectivity index (χ4v) is 1.43. The van der Waals surface area contributed by atoms with Gasteiger partial charge in [0, 0.05) is 31.8 Å². The van der Waals surface area contributed by atoms with E-state index in [1.807, 2.05) is 0 Å². The van der Waals surface area contributed by atoms with Crippen molar-refractivity contribution in [3.63, 3.8) is 0 Å². The Hall–Kier alpha value is -0.460. The molecule has 0 aliphatic heterocycles. The van der Waals surface area contributed by atoms with Crippen LogP contribution in [0, 0.1) is 17.2 Å². The van der Waals surface area contributed by atoms with Gasteiger partial charge in [-0.2, -0.15) is 17.9 Å². The quantitative estimate of drug-likeness (QED) is 0.518. The van der Waals surface area contributed by atoms with Crippen molar-refractivity contribution in [3.8, 4) is 6.07 Å². The van der Waals surface area contributed by atoms with E-state index in [4.69, 9.17) is 5.26 Å². The third-order valence-electron chi connectivity index (χ3n) is 1.83. The standard InChI is InChI=1S/C11H20N2S/c1-10(2)7-13(6-4-5-12)8-11(3)9-14/h10,14H,3-4,6-9H2,1-2H3. The highest BCUT2D eigenvalue weighted by molar-refractivity contribution is 7.80. The van der Waals surface area contributed by atoms with Crippen LogP contribution in [-0.4, -0.2) is 30.3 Å². The Kier molecular flexibility index (Phi) is 7.64. The summed E-state index contributed by atoms with van der Waals surface area (Å²) in [6.45, 7) is 11.0. The molecule has 0 aliphatic rings. The van der Waals surface area contributed by atoms with Crippen molar-refractivity contribution < 1.29 is 0 Å². The van der Waals surface area contributed by atoms with Gasteiger partial charge in [0.2, 0.25) is 0 Å². The lowest BCUT2D eigenvalue weighted by Gasteiger charge is -2.23. The molecule has 0 unspecified atom stereocenters. The number of nitriles is 1. The summed E-state index contributed by atoms with van der Waals surface area (Å²) < 4.78 is 0. The molecule has 0 aromatic heterocycles. The Bertz CT molecular complexity index is 206. The first-order valence-electron chi connectivity index (χ1n) is 4.97. The molecule has 0 heterocycles. The molecule has 0 saturated heterocycles. The van der Waals surface area contributed by atoms with Gasteiger partial charge in [0.05, 0.1) is 6.07 Å². The summed E-state index contributed by atoms with van der Waals surface area (Å²) in [6, 6.07) is 2.17. The van der Waals surface area contributed by atoms with E-state index in [-0.39, 0.29) is 0 Å². The Labute approximate surface area is 93.0 Å². The largest absolute Gasteiger partial charge is 0.298 e. The van der Waals surface area contributed by atoms with Gasteiger partial charge in [0.1, 0.15) is 0 Å². The van der Waals surface area contributed by atoms with Gasteiger partial charge in [-0.05, 0) is 5.92 Å². The molecule has 0 bridgehead atoms. The predicted molar refractivity (Wildman–Crippen MR) is 64.5 cm³/mol. The molecule has 0 aromatic rings. The minimum atomic E-state index is 0.590. The van der Waals surface area contributed by atoms with Gasteiger partial charge in [-0.15, -0.1) is 0 Å². The predicted octanol–water partition coefficient (Wildman–Crippen LogP) is 2.34. The average molecular weight is 212 g/mol. The third-order valence-corrected chi connectivity index (χ3v) is 2.28. The third kappa shape index (κ3) is 6.99. The Morgan fingerprint density at radius 2 is 2.21 bits per heavy atom. The molecule has 0 radical (unpaired) electrons. The lowest BCUT2D eigenvalue weighted by molar-refractivity contribution is 0.269. The molecule has 0 fully saturated rings. The molecular formula is C11H20N2S. The maximum absolute atomic E-state index is 8.53. The molecule has 80 valence electrons. The van der Waals surface area contributed by atoms with E-state index in [0.717, 1.165) is 31.0 Å². The van der Waals surface area contributed by atoms with Crippen LogP contribution in [0.15, 0.2) is 12.2 Å². The summed E-state index contributed by atoms with van der Waals surface area (Å²) >= 11 is 4.18. The number of rotatable bonds is 7. The van der Waals surface area contributed by atoms with Crippen molar-refractivity contribution in [1.82, 2.24) is 4.90 Å². The lowest BCUT2D eigenvalue weighted by Crippen LogP contribution is -2.30. The SMILES string of the molecule is C=C(CS)CN(CCC#N)CC(C)C. The second kappa shape index (κ2) is 7.90. The first kappa shape index (κ1) is 13.5. The summed E-state index contributed by atoms with van der Waals surface area (Å²) in [5.41, 5.74) is 1.12. The molecular weight excluding hydrogens is 192 g/mol. The monoisotopic (exact) mass is 212 g/mol. The molecule has 14 heavy (non-hydrogen) atoms. The summed E-state index contributed by atoms with van der Waals surface area (Å²) in [7, 11) is 0. The fraction of sp³-hybridized carbons (Fsp3) is 0.727. The van der Waals surface area contributed by atoms with E-state index in [1.165, 1.54) is 0 Å². The Morgan fingerprint density at radius 3 is 2.64 bits per heavy atom. The molecule has 0 atom stereocenters. The highest BCUT2D eigenvalue weighted by atomic mass is 32.1. The highest BCUT2D eigenvalue weighted by Crippen LogP contribution is 2.04. The number of hydrogen-bond donors (Lipinski definition) is 1. The molecule has 0 saturated carbocycles. The van der Waals surface area contributed by atoms with Crippen LogP contribution in [-0.2, 0) is 0 Å². The molecule has 0 aromatic carbocycles. The average Bonchev–Trinajstić information content (AvgIpc) is 2.13. The summed E-state index contributed by atoms with van der Waals surface area (Å²) in [5, 5.41) is 8.53. The van der Waals surface area contributed by atoms with Gasteiger partial charge in [-0.3, -0.25) is 4.90 Å². The number of thiol groups is 1. The fourth-order valence-electron chi connectivity index (χ4n) is 1.33. The van der Waals surface area contributed by atoms with Crippen LogP contribution < -0.4 is 0 Å². The van der Waals surface area contributed by atoms with E-state index < -0.39 is 0 Å². The van der Waals surface area contributed by atoms with Crippen LogP contribution in [0.4, 0.5) is 0 Å². The van der Waals surface area contributed by atoms with E-state index >= 15 is 0 Å². The molecule has 0 N–H and O–H groups in total. The van der Waals surface area contributed by atoms with Gasteiger partial charge in [0.25, 0.3) is 0 Å². The van der Waals surface area contributed by atoms with Gasteiger partial charge in [-0.1, -0.05) is 26.0 Å². The second-order valence-corrected chi connectivity index (χ2v) is 4.26. The summed E-state index contributed by atoms with van der Waals surface area (Å²) in [6.07, 6.45) is 0.590. The minimum absolute atomic E-state index is 0.590. The number of nitrogens with zero attached hydrogens (tertiary/aromatic N) is 2. The van der Waals surface area contributed by atoms with E-state index in [2.05, 4.69) is 44.0 Å². The van der Waals surface area contributed by atoms with E-state index in [0.29, 0.717) is 12.3 Å². The maximum Gasteiger partial charge on any atom is 0.0635 e. The Balaban J connectivity index is 3.97. The van der Waals surface area contributed by atoms with Crippen LogP contribution in [0.3, 0.4) is 0 Å². The van der Waals surface area contributed by atoms with Crippen molar-refractivity contribution in [2.24, 2.45) is 5.92 Å². The van der Waals surface area contributed by atoms with Crippen molar-refractivity contribution in [2.45, 2.75) is 20.3 Å². The first-order chi connectivity index (χ1) is 6.60. The molecule has 0 rings (SSSR count). The Morgan fingerprint density at radius 1 is 1.57 bits per heavy atom. The molecule has 2 nitrogen and oxygen atoms in total. The van der Waals surface area contributed by atoms with Gasteiger partial charge in [0.15, 0.2) is 0 Å². The normalized spacial score (nSPS) is 10.6. The van der Waals surface area contributed by atoms with E-state index in [9.17, 15) is 0 Å². The zero-order chi connectivity index (χ0) is 11.0. The van der Waals surface area contributed by atoms with Gasteiger partial charge >= 0.3 is 0 Å². The van der Waals surface area contributed by atoms with Crippen LogP contribution in [0.25, 0.3) is 0 Å². The minimum Gasteiger partial charge on any atom is -0.298 e.